The van der Waals surface area contributed by atoms with E-state index in [1.54, 1.807) is 6.08 Å². The van der Waals surface area contributed by atoms with E-state index >= 15 is 0 Å². The van der Waals surface area contributed by atoms with Crippen LogP contribution < -0.4 is 19.5 Å². The normalized spacial score (nSPS) is 14.9. The van der Waals surface area contributed by atoms with Gasteiger partial charge in [0.2, 0.25) is 0 Å². The first-order valence-electron chi connectivity index (χ1n) is 8.58. The zero-order valence-electron chi connectivity index (χ0n) is 15.1. The van der Waals surface area contributed by atoms with Crippen molar-refractivity contribution >= 4 is 56.2 Å². The van der Waals surface area contributed by atoms with Gasteiger partial charge in [-0.2, -0.15) is 0 Å². The summed E-state index contributed by atoms with van der Waals surface area (Å²) < 4.78 is 18.5. The third kappa shape index (κ3) is 5.50. The third-order valence-electron chi connectivity index (χ3n) is 3.61. The van der Waals surface area contributed by atoms with Gasteiger partial charge in [-0.3, -0.25) is 4.79 Å². The predicted molar refractivity (Wildman–Crippen MR) is 119 cm³/mol. The SMILES string of the molecule is CCOc1cc(C=C2SC(=S)NC2=O)cc(Br)c1OCCOc1ccccc1. The minimum absolute atomic E-state index is 0.192. The molecule has 0 aliphatic carbocycles. The zero-order chi connectivity index (χ0) is 19.9. The highest BCUT2D eigenvalue weighted by molar-refractivity contribution is 9.10. The molecule has 5 nitrogen and oxygen atoms in total. The number of thioether (sulfide) groups is 1. The number of carbonyl (C=O) groups is 1. The van der Waals surface area contributed by atoms with Crippen LogP contribution in [0.3, 0.4) is 0 Å². The number of halogens is 1. The number of amides is 1. The Morgan fingerprint density at radius 1 is 1.14 bits per heavy atom. The van der Waals surface area contributed by atoms with Gasteiger partial charge in [-0.1, -0.05) is 42.2 Å². The summed E-state index contributed by atoms with van der Waals surface area (Å²) in [7, 11) is 0. The summed E-state index contributed by atoms with van der Waals surface area (Å²) in [6, 6.07) is 13.3. The lowest BCUT2D eigenvalue weighted by atomic mass is 10.2. The van der Waals surface area contributed by atoms with Gasteiger partial charge in [-0.05, 0) is 58.8 Å². The lowest BCUT2D eigenvalue weighted by molar-refractivity contribution is -0.115. The van der Waals surface area contributed by atoms with Crippen LogP contribution in [-0.2, 0) is 4.79 Å². The third-order valence-corrected chi connectivity index (χ3v) is 5.36. The summed E-state index contributed by atoms with van der Waals surface area (Å²) >= 11 is 9.80. The molecule has 1 amide bonds. The molecule has 1 heterocycles. The van der Waals surface area contributed by atoms with Gasteiger partial charge in [0.15, 0.2) is 11.5 Å². The fraction of sp³-hybridized carbons (Fsp3) is 0.200. The molecule has 0 bridgehead atoms. The highest BCUT2D eigenvalue weighted by Crippen LogP contribution is 2.38. The van der Waals surface area contributed by atoms with Crippen LogP contribution in [0.2, 0.25) is 0 Å². The number of hydrogen-bond acceptors (Lipinski definition) is 6. The van der Waals surface area contributed by atoms with Crippen LogP contribution in [0, 0.1) is 0 Å². The fourth-order valence-electron chi connectivity index (χ4n) is 2.47. The van der Waals surface area contributed by atoms with Gasteiger partial charge in [0.05, 0.1) is 16.0 Å². The Kier molecular flexibility index (Phi) is 7.36. The second kappa shape index (κ2) is 9.95. The van der Waals surface area contributed by atoms with Gasteiger partial charge in [-0.25, -0.2) is 0 Å². The standard InChI is InChI=1S/C20H18BrNO4S2/c1-2-24-16-11-13(12-17-19(23)22-20(27)28-17)10-15(21)18(16)26-9-8-25-14-6-4-3-5-7-14/h3-7,10-12H,2,8-9H2,1H3,(H,22,23,27). The van der Waals surface area contributed by atoms with Crippen LogP contribution in [0.25, 0.3) is 6.08 Å². The Morgan fingerprint density at radius 3 is 2.57 bits per heavy atom. The number of benzene rings is 2. The van der Waals surface area contributed by atoms with E-state index in [1.807, 2.05) is 49.4 Å². The predicted octanol–water partition coefficient (Wildman–Crippen LogP) is 4.79. The van der Waals surface area contributed by atoms with Gasteiger partial charge in [0.1, 0.15) is 23.3 Å². The Bertz CT molecular complexity index is 903. The summed E-state index contributed by atoms with van der Waals surface area (Å²) in [6.07, 6.45) is 1.77. The Balaban J connectivity index is 1.71. The van der Waals surface area contributed by atoms with Gasteiger partial charge < -0.3 is 19.5 Å². The quantitative estimate of drug-likeness (QED) is 0.333. The van der Waals surface area contributed by atoms with E-state index in [1.165, 1.54) is 11.8 Å². The molecule has 0 saturated carbocycles. The molecule has 1 aliphatic rings. The molecule has 2 aromatic carbocycles. The molecule has 0 radical (unpaired) electrons. The highest BCUT2D eigenvalue weighted by Gasteiger charge is 2.22. The maximum atomic E-state index is 11.9. The van der Waals surface area contributed by atoms with Gasteiger partial charge in [-0.15, -0.1) is 0 Å². The van der Waals surface area contributed by atoms with Crippen LogP contribution in [-0.4, -0.2) is 30.0 Å². The maximum Gasteiger partial charge on any atom is 0.263 e. The molecule has 0 unspecified atom stereocenters. The van der Waals surface area contributed by atoms with Crippen LogP contribution in [0.15, 0.2) is 51.8 Å². The van der Waals surface area contributed by atoms with Crippen LogP contribution in [0.4, 0.5) is 0 Å². The lowest BCUT2D eigenvalue weighted by Gasteiger charge is -2.15. The second-order valence-corrected chi connectivity index (χ2v) is 8.20. The van der Waals surface area contributed by atoms with Crippen LogP contribution in [0.5, 0.6) is 17.2 Å². The monoisotopic (exact) mass is 479 g/mol. The Morgan fingerprint density at radius 2 is 1.89 bits per heavy atom. The molecule has 2 aromatic rings. The number of rotatable bonds is 8. The van der Waals surface area contributed by atoms with E-state index in [0.29, 0.717) is 40.5 Å². The molecule has 8 heteroatoms. The first-order chi connectivity index (χ1) is 13.6. The van der Waals surface area contributed by atoms with E-state index in [2.05, 4.69) is 21.2 Å². The van der Waals surface area contributed by atoms with E-state index in [0.717, 1.165) is 15.8 Å². The second-order valence-electron chi connectivity index (χ2n) is 5.63. The number of ether oxygens (including phenoxy) is 3. The summed E-state index contributed by atoms with van der Waals surface area (Å²) in [5.74, 6) is 1.79. The molecule has 28 heavy (non-hydrogen) atoms. The molecular formula is C20H18BrNO4S2. The number of hydrogen-bond donors (Lipinski definition) is 1. The average molecular weight is 480 g/mol. The van der Waals surface area contributed by atoms with Gasteiger partial charge >= 0.3 is 0 Å². The van der Waals surface area contributed by atoms with Crippen molar-refractivity contribution < 1.29 is 19.0 Å². The minimum atomic E-state index is -0.192. The van der Waals surface area contributed by atoms with Crippen molar-refractivity contribution in [1.29, 1.82) is 0 Å². The summed E-state index contributed by atoms with van der Waals surface area (Å²) in [5, 5.41) is 2.61. The van der Waals surface area contributed by atoms with Crippen molar-refractivity contribution in [2.45, 2.75) is 6.92 Å². The number of para-hydroxylation sites is 1. The molecule has 146 valence electrons. The van der Waals surface area contributed by atoms with Crippen LogP contribution >= 0.6 is 39.9 Å². The molecule has 0 spiro atoms. The van der Waals surface area contributed by atoms with Gasteiger partial charge in [0, 0.05) is 0 Å². The summed E-state index contributed by atoms with van der Waals surface area (Å²) in [4.78, 5) is 12.4. The number of nitrogens with one attached hydrogen (secondary N) is 1. The van der Waals surface area contributed by atoms with E-state index in [4.69, 9.17) is 26.4 Å². The summed E-state index contributed by atoms with van der Waals surface area (Å²) in [5.41, 5.74) is 0.811. The van der Waals surface area contributed by atoms with Crippen molar-refractivity contribution in [2.24, 2.45) is 0 Å². The van der Waals surface area contributed by atoms with E-state index < -0.39 is 0 Å². The maximum absolute atomic E-state index is 11.9. The van der Waals surface area contributed by atoms with Gasteiger partial charge in [0.25, 0.3) is 5.91 Å². The average Bonchev–Trinajstić information content (AvgIpc) is 2.98. The molecule has 1 saturated heterocycles. The van der Waals surface area contributed by atoms with Crippen molar-refractivity contribution in [3.05, 3.63) is 57.4 Å². The molecule has 1 fully saturated rings. The van der Waals surface area contributed by atoms with Crippen molar-refractivity contribution in [3.8, 4) is 17.2 Å². The minimum Gasteiger partial charge on any atom is -0.490 e. The smallest absolute Gasteiger partial charge is 0.263 e. The molecule has 3 rings (SSSR count). The topological polar surface area (TPSA) is 56.8 Å². The highest BCUT2D eigenvalue weighted by atomic mass is 79.9. The van der Waals surface area contributed by atoms with E-state index in [9.17, 15) is 4.79 Å². The molecule has 1 aliphatic heterocycles. The first kappa shape index (κ1) is 20.7. The number of thiocarbonyl (C=S) groups is 1. The Labute approximate surface area is 181 Å². The molecule has 0 atom stereocenters. The number of carbonyl (C=O) groups excluding carboxylic acids is 1. The molecule has 1 N–H and O–H groups in total. The van der Waals surface area contributed by atoms with Crippen LogP contribution in [0.1, 0.15) is 12.5 Å². The lowest BCUT2D eigenvalue weighted by Crippen LogP contribution is -2.17. The fourth-order valence-corrected chi connectivity index (χ4v) is 4.09. The van der Waals surface area contributed by atoms with E-state index in [-0.39, 0.29) is 5.91 Å². The molecular weight excluding hydrogens is 462 g/mol. The van der Waals surface area contributed by atoms with Crippen molar-refractivity contribution in [2.75, 3.05) is 19.8 Å². The molecule has 0 aromatic heterocycles. The zero-order valence-corrected chi connectivity index (χ0v) is 18.3. The summed E-state index contributed by atoms with van der Waals surface area (Å²) in [6.45, 7) is 3.16. The first-order valence-corrected chi connectivity index (χ1v) is 10.6. The Hall–Kier alpha value is -2.03. The van der Waals surface area contributed by atoms with Crippen molar-refractivity contribution in [1.82, 2.24) is 5.32 Å². The van der Waals surface area contributed by atoms with Crippen molar-refractivity contribution in [3.63, 3.8) is 0 Å². The largest absolute Gasteiger partial charge is 0.490 e.